The second-order valence-electron chi connectivity index (χ2n) is 2.99. The van der Waals surface area contributed by atoms with Gasteiger partial charge in [0.15, 0.2) is 6.61 Å². The van der Waals surface area contributed by atoms with Crippen molar-refractivity contribution < 1.29 is 14.3 Å². The van der Waals surface area contributed by atoms with Crippen LogP contribution in [0, 0.1) is 0 Å². The quantitative estimate of drug-likeness (QED) is 0.608. The summed E-state index contributed by atoms with van der Waals surface area (Å²) in [7, 11) is 1.45. The molecule has 0 fully saturated rings. The van der Waals surface area contributed by atoms with Crippen molar-refractivity contribution in [3.63, 3.8) is 0 Å². The number of benzene rings is 1. The largest absolute Gasteiger partial charge is 0.452 e. The Labute approximate surface area is 97.5 Å². The number of esters is 1. The molecule has 86 valence electrons. The summed E-state index contributed by atoms with van der Waals surface area (Å²) in [5, 5.41) is 2.69. The van der Waals surface area contributed by atoms with Crippen molar-refractivity contribution >= 4 is 29.2 Å². The van der Waals surface area contributed by atoms with Crippen LogP contribution in [0.25, 0.3) is 0 Å². The first-order chi connectivity index (χ1) is 7.54. The molecule has 0 aromatic heterocycles. The van der Waals surface area contributed by atoms with Crippen LogP contribution in [-0.4, -0.2) is 25.5 Å². The van der Waals surface area contributed by atoms with Gasteiger partial charge in [0.05, 0.1) is 16.3 Å². The van der Waals surface area contributed by atoms with E-state index in [1.54, 1.807) is 0 Å². The third-order valence-electron chi connectivity index (χ3n) is 1.84. The molecule has 5 nitrogen and oxygen atoms in total. The minimum atomic E-state index is -0.619. The van der Waals surface area contributed by atoms with E-state index in [4.69, 9.17) is 22.1 Å². The number of nitrogens with one attached hydrogen (secondary N) is 1. The molecule has 0 saturated carbocycles. The SMILES string of the molecule is CNC(=O)COC(=O)c1ccc(Cl)c(N)c1. The Bertz CT molecular complexity index is 421. The summed E-state index contributed by atoms with van der Waals surface area (Å²) in [6.45, 7) is -0.322. The van der Waals surface area contributed by atoms with Gasteiger partial charge in [-0.2, -0.15) is 0 Å². The number of carbonyl (C=O) groups is 2. The van der Waals surface area contributed by atoms with E-state index >= 15 is 0 Å². The van der Waals surface area contributed by atoms with Crippen molar-refractivity contribution in [3.8, 4) is 0 Å². The molecule has 1 aromatic rings. The van der Waals surface area contributed by atoms with Gasteiger partial charge >= 0.3 is 5.97 Å². The Hall–Kier alpha value is -1.75. The van der Waals surface area contributed by atoms with Gasteiger partial charge in [-0.1, -0.05) is 11.6 Å². The van der Waals surface area contributed by atoms with Crippen LogP contribution in [0.15, 0.2) is 18.2 Å². The lowest BCUT2D eigenvalue weighted by Crippen LogP contribution is -2.25. The molecule has 3 N–H and O–H groups in total. The number of anilines is 1. The van der Waals surface area contributed by atoms with Crippen LogP contribution in [0.1, 0.15) is 10.4 Å². The Morgan fingerprint density at radius 3 is 2.75 bits per heavy atom. The smallest absolute Gasteiger partial charge is 0.338 e. The summed E-state index contributed by atoms with van der Waals surface area (Å²) in [5.74, 6) is -0.998. The first-order valence-corrected chi connectivity index (χ1v) is 4.85. The number of carbonyl (C=O) groups excluding carboxylic acids is 2. The van der Waals surface area contributed by atoms with Crippen molar-refractivity contribution in [2.75, 3.05) is 19.4 Å². The van der Waals surface area contributed by atoms with Crippen LogP contribution in [0.3, 0.4) is 0 Å². The fourth-order valence-corrected chi connectivity index (χ4v) is 1.07. The number of hydrogen-bond acceptors (Lipinski definition) is 4. The van der Waals surface area contributed by atoms with Crippen LogP contribution >= 0.6 is 11.6 Å². The number of rotatable bonds is 3. The number of likely N-dealkylation sites (N-methyl/N-ethyl adjacent to an activating group) is 1. The van der Waals surface area contributed by atoms with E-state index in [-0.39, 0.29) is 23.8 Å². The molecule has 0 radical (unpaired) electrons. The zero-order valence-corrected chi connectivity index (χ0v) is 9.38. The van der Waals surface area contributed by atoms with Crippen LogP contribution in [0.5, 0.6) is 0 Å². The monoisotopic (exact) mass is 242 g/mol. The maximum atomic E-state index is 11.4. The zero-order chi connectivity index (χ0) is 12.1. The standard InChI is InChI=1S/C10H11ClN2O3/c1-13-9(14)5-16-10(15)6-2-3-7(11)8(12)4-6/h2-4H,5,12H2,1H3,(H,13,14). The summed E-state index contributed by atoms with van der Waals surface area (Å²) in [6, 6.07) is 4.37. The van der Waals surface area contributed by atoms with Gasteiger partial charge in [-0.3, -0.25) is 4.79 Å². The van der Waals surface area contributed by atoms with Crippen molar-refractivity contribution in [1.82, 2.24) is 5.32 Å². The lowest BCUT2D eigenvalue weighted by molar-refractivity contribution is -0.123. The van der Waals surface area contributed by atoms with Crippen molar-refractivity contribution in [2.24, 2.45) is 0 Å². The summed E-state index contributed by atoms with van der Waals surface area (Å²) >= 11 is 5.69. The van der Waals surface area contributed by atoms with E-state index < -0.39 is 5.97 Å². The van der Waals surface area contributed by atoms with Crippen LogP contribution < -0.4 is 11.1 Å². The Morgan fingerprint density at radius 2 is 2.19 bits per heavy atom. The first-order valence-electron chi connectivity index (χ1n) is 4.47. The fourth-order valence-electron chi connectivity index (χ4n) is 0.957. The van der Waals surface area contributed by atoms with E-state index in [1.807, 2.05) is 0 Å². The molecular formula is C10H11ClN2O3. The highest BCUT2D eigenvalue weighted by Crippen LogP contribution is 2.19. The molecule has 1 amide bonds. The molecule has 0 aliphatic rings. The lowest BCUT2D eigenvalue weighted by atomic mass is 10.2. The van der Waals surface area contributed by atoms with E-state index in [2.05, 4.69) is 5.32 Å². The highest BCUT2D eigenvalue weighted by atomic mass is 35.5. The second kappa shape index (κ2) is 5.37. The normalized spacial score (nSPS) is 9.62. The zero-order valence-electron chi connectivity index (χ0n) is 8.62. The molecule has 6 heteroatoms. The fraction of sp³-hybridized carbons (Fsp3) is 0.200. The molecule has 1 rings (SSSR count). The van der Waals surface area contributed by atoms with E-state index in [1.165, 1.54) is 25.2 Å². The molecule has 0 atom stereocenters. The minimum absolute atomic E-state index is 0.255. The molecule has 1 aromatic carbocycles. The van der Waals surface area contributed by atoms with Gasteiger partial charge in [0.2, 0.25) is 0 Å². The van der Waals surface area contributed by atoms with Gasteiger partial charge in [-0.15, -0.1) is 0 Å². The maximum Gasteiger partial charge on any atom is 0.338 e. The summed E-state index contributed by atoms with van der Waals surface area (Å²) in [4.78, 5) is 22.3. The van der Waals surface area contributed by atoms with Crippen LogP contribution in [0.4, 0.5) is 5.69 Å². The number of hydrogen-bond donors (Lipinski definition) is 2. The highest BCUT2D eigenvalue weighted by Gasteiger charge is 2.10. The van der Waals surface area contributed by atoms with Crippen molar-refractivity contribution in [1.29, 1.82) is 0 Å². The van der Waals surface area contributed by atoms with Gasteiger partial charge in [-0.25, -0.2) is 4.79 Å². The molecule has 0 bridgehead atoms. The number of nitrogens with two attached hydrogens (primary N) is 1. The van der Waals surface area contributed by atoms with Crippen LogP contribution in [0.2, 0.25) is 5.02 Å². The Kier molecular flexibility index (Phi) is 4.13. The van der Waals surface area contributed by atoms with Gasteiger partial charge in [-0.05, 0) is 18.2 Å². The van der Waals surface area contributed by atoms with Crippen molar-refractivity contribution in [3.05, 3.63) is 28.8 Å². The summed E-state index contributed by atoms with van der Waals surface area (Å²) < 4.78 is 4.73. The van der Waals surface area contributed by atoms with E-state index in [0.717, 1.165) is 0 Å². The molecule has 16 heavy (non-hydrogen) atoms. The van der Waals surface area contributed by atoms with Gasteiger partial charge in [0, 0.05) is 7.05 Å². The topological polar surface area (TPSA) is 81.4 Å². The predicted molar refractivity (Wildman–Crippen MR) is 60.2 cm³/mol. The van der Waals surface area contributed by atoms with Gasteiger partial charge in [0.25, 0.3) is 5.91 Å². The van der Waals surface area contributed by atoms with E-state index in [0.29, 0.717) is 5.02 Å². The summed E-state index contributed by atoms with van der Waals surface area (Å²) in [5.41, 5.74) is 6.06. The number of ether oxygens (including phenoxy) is 1. The Balaban J connectivity index is 2.66. The molecular weight excluding hydrogens is 232 g/mol. The number of halogens is 1. The average molecular weight is 243 g/mol. The molecule has 0 heterocycles. The molecule has 0 aliphatic heterocycles. The Morgan fingerprint density at radius 1 is 1.50 bits per heavy atom. The first kappa shape index (κ1) is 12.3. The molecule has 0 saturated heterocycles. The predicted octanol–water partition coefficient (Wildman–Crippen LogP) is 0.825. The molecule has 0 unspecified atom stereocenters. The maximum absolute atomic E-state index is 11.4. The highest BCUT2D eigenvalue weighted by molar-refractivity contribution is 6.33. The third kappa shape index (κ3) is 3.13. The van der Waals surface area contributed by atoms with Crippen molar-refractivity contribution in [2.45, 2.75) is 0 Å². The van der Waals surface area contributed by atoms with E-state index in [9.17, 15) is 9.59 Å². The third-order valence-corrected chi connectivity index (χ3v) is 2.19. The minimum Gasteiger partial charge on any atom is -0.452 e. The molecule has 0 spiro atoms. The average Bonchev–Trinajstić information content (AvgIpc) is 2.29. The number of nitrogen functional groups attached to an aromatic ring is 1. The van der Waals surface area contributed by atoms with Crippen LogP contribution in [-0.2, 0) is 9.53 Å². The second-order valence-corrected chi connectivity index (χ2v) is 3.39. The van der Waals surface area contributed by atoms with Gasteiger partial charge in [0.1, 0.15) is 0 Å². The van der Waals surface area contributed by atoms with Gasteiger partial charge < -0.3 is 15.8 Å². The lowest BCUT2D eigenvalue weighted by Gasteiger charge is -2.05. The molecule has 0 aliphatic carbocycles. The summed E-state index contributed by atoms with van der Waals surface area (Å²) in [6.07, 6.45) is 0. The number of amides is 1.